The summed E-state index contributed by atoms with van der Waals surface area (Å²) in [5.41, 5.74) is 7.50. The van der Waals surface area contributed by atoms with E-state index in [2.05, 4.69) is 11.8 Å². The summed E-state index contributed by atoms with van der Waals surface area (Å²) in [6.07, 6.45) is 6.97. The van der Waals surface area contributed by atoms with Crippen LogP contribution in [-0.4, -0.2) is 19.1 Å². The lowest BCUT2D eigenvalue weighted by Crippen LogP contribution is -2.38. The van der Waals surface area contributed by atoms with Crippen molar-refractivity contribution in [3.05, 3.63) is 29.6 Å². The molecule has 0 aliphatic heterocycles. The summed E-state index contributed by atoms with van der Waals surface area (Å²) in [5.74, 6) is -0.0987. The topological polar surface area (TPSA) is 29.3 Å². The number of nitrogens with zero attached hydrogens (tertiary/aromatic N) is 1. The fourth-order valence-electron chi connectivity index (χ4n) is 3.23. The molecule has 1 aliphatic rings. The number of rotatable bonds is 5. The Kier molecular flexibility index (Phi) is 5.20. The molecule has 0 amide bonds. The van der Waals surface area contributed by atoms with E-state index in [9.17, 15) is 4.39 Å². The predicted octanol–water partition coefficient (Wildman–Crippen LogP) is 3.49. The van der Waals surface area contributed by atoms with Crippen LogP contribution in [0.3, 0.4) is 0 Å². The maximum absolute atomic E-state index is 14.3. The molecule has 2 rings (SSSR count). The number of hydrogen-bond donors (Lipinski definition) is 1. The average molecular weight is 264 g/mol. The largest absolute Gasteiger partial charge is 0.366 e. The van der Waals surface area contributed by atoms with Crippen LogP contribution in [0.1, 0.15) is 44.6 Å². The molecule has 1 aromatic carbocycles. The zero-order valence-electron chi connectivity index (χ0n) is 11.9. The summed E-state index contributed by atoms with van der Waals surface area (Å²) in [6.45, 7) is 3.55. The van der Waals surface area contributed by atoms with E-state index in [1.807, 2.05) is 6.07 Å². The van der Waals surface area contributed by atoms with Crippen LogP contribution in [0.4, 0.5) is 10.1 Å². The van der Waals surface area contributed by atoms with Crippen molar-refractivity contribution in [2.24, 2.45) is 5.73 Å². The van der Waals surface area contributed by atoms with Crippen LogP contribution in [0.2, 0.25) is 0 Å². The Morgan fingerprint density at radius 3 is 2.63 bits per heavy atom. The third-order valence-corrected chi connectivity index (χ3v) is 4.13. The van der Waals surface area contributed by atoms with Gasteiger partial charge in [-0.3, -0.25) is 0 Å². The number of para-hydroxylation sites is 1. The highest BCUT2D eigenvalue weighted by molar-refractivity contribution is 5.56. The minimum atomic E-state index is -0.0987. The summed E-state index contributed by atoms with van der Waals surface area (Å²) in [5, 5.41) is 0. The van der Waals surface area contributed by atoms with Crippen molar-refractivity contribution in [2.45, 2.75) is 51.5 Å². The van der Waals surface area contributed by atoms with E-state index >= 15 is 0 Å². The fraction of sp³-hybridized carbons (Fsp3) is 0.625. The zero-order valence-corrected chi connectivity index (χ0v) is 11.9. The van der Waals surface area contributed by atoms with Gasteiger partial charge in [-0.2, -0.15) is 0 Å². The number of benzene rings is 1. The van der Waals surface area contributed by atoms with Crippen molar-refractivity contribution in [3.63, 3.8) is 0 Å². The molecule has 0 aromatic heterocycles. The first kappa shape index (κ1) is 14.3. The van der Waals surface area contributed by atoms with Gasteiger partial charge in [-0.15, -0.1) is 0 Å². The lowest BCUT2D eigenvalue weighted by Gasteiger charge is -2.36. The van der Waals surface area contributed by atoms with Crippen molar-refractivity contribution in [3.8, 4) is 0 Å². The molecule has 0 spiro atoms. The molecular formula is C16H25FN2. The smallest absolute Gasteiger partial charge is 0.146 e. The molecule has 3 heteroatoms. The molecule has 1 aromatic rings. The molecule has 1 aliphatic carbocycles. The van der Waals surface area contributed by atoms with Gasteiger partial charge in [0, 0.05) is 12.6 Å². The van der Waals surface area contributed by atoms with E-state index in [0.717, 1.165) is 24.2 Å². The van der Waals surface area contributed by atoms with Crippen LogP contribution in [0.15, 0.2) is 18.2 Å². The molecule has 2 N–H and O–H groups in total. The molecular weight excluding hydrogens is 239 g/mol. The monoisotopic (exact) mass is 264 g/mol. The number of anilines is 1. The van der Waals surface area contributed by atoms with Crippen molar-refractivity contribution in [2.75, 3.05) is 18.0 Å². The van der Waals surface area contributed by atoms with Gasteiger partial charge in [0.1, 0.15) is 5.82 Å². The highest BCUT2D eigenvalue weighted by Gasteiger charge is 2.24. The van der Waals surface area contributed by atoms with Gasteiger partial charge in [0.25, 0.3) is 0 Å². The third kappa shape index (κ3) is 3.27. The number of hydrogen-bond acceptors (Lipinski definition) is 2. The summed E-state index contributed by atoms with van der Waals surface area (Å²) >= 11 is 0. The Morgan fingerprint density at radius 2 is 2.00 bits per heavy atom. The molecule has 2 nitrogen and oxygen atoms in total. The quantitative estimate of drug-likeness (QED) is 0.882. The maximum atomic E-state index is 14.3. The van der Waals surface area contributed by atoms with Gasteiger partial charge in [-0.05, 0) is 44.4 Å². The SMILES string of the molecule is CCN(c1c(F)cccc1CCN)C1CCCCC1. The maximum Gasteiger partial charge on any atom is 0.146 e. The van der Waals surface area contributed by atoms with Crippen molar-refractivity contribution in [1.29, 1.82) is 0 Å². The highest BCUT2D eigenvalue weighted by atomic mass is 19.1. The first-order valence-electron chi connectivity index (χ1n) is 7.52. The first-order valence-corrected chi connectivity index (χ1v) is 7.52. The summed E-state index contributed by atoms with van der Waals surface area (Å²) < 4.78 is 14.3. The highest BCUT2D eigenvalue weighted by Crippen LogP contribution is 2.31. The van der Waals surface area contributed by atoms with Crippen LogP contribution in [0, 0.1) is 5.82 Å². The minimum Gasteiger partial charge on any atom is -0.366 e. The van der Waals surface area contributed by atoms with Gasteiger partial charge in [0.05, 0.1) is 5.69 Å². The second-order valence-corrected chi connectivity index (χ2v) is 5.36. The van der Waals surface area contributed by atoms with E-state index < -0.39 is 0 Å². The number of halogens is 1. The van der Waals surface area contributed by atoms with Crippen LogP contribution in [0.5, 0.6) is 0 Å². The Hall–Kier alpha value is -1.09. The van der Waals surface area contributed by atoms with E-state index in [-0.39, 0.29) is 5.82 Å². The van der Waals surface area contributed by atoms with Crippen molar-refractivity contribution < 1.29 is 4.39 Å². The lowest BCUT2D eigenvalue weighted by atomic mass is 9.93. The van der Waals surface area contributed by atoms with Crippen LogP contribution < -0.4 is 10.6 Å². The Morgan fingerprint density at radius 1 is 1.26 bits per heavy atom. The van der Waals surface area contributed by atoms with Gasteiger partial charge < -0.3 is 10.6 Å². The van der Waals surface area contributed by atoms with Gasteiger partial charge in [0.15, 0.2) is 0 Å². The lowest BCUT2D eigenvalue weighted by molar-refractivity contribution is 0.414. The molecule has 0 unspecified atom stereocenters. The van der Waals surface area contributed by atoms with Crippen molar-refractivity contribution >= 4 is 5.69 Å². The van der Waals surface area contributed by atoms with Gasteiger partial charge in [-0.1, -0.05) is 31.4 Å². The molecule has 0 bridgehead atoms. The van der Waals surface area contributed by atoms with E-state index in [4.69, 9.17) is 5.73 Å². The average Bonchev–Trinajstić information content (AvgIpc) is 2.44. The van der Waals surface area contributed by atoms with Gasteiger partial charge in [-0.25, -0.2) is 4.39 Å². The van der Waals surface area contributed by atoms with Gasteiger partial charge in [0.2, 0.25) is 0 Å². The Balaban J connectivity index is 2.30. The molecule has 106 valence electrons. The van der Waals surface area contributed by atoms with Crippen LogP contribution >= 0.6 is 0 Å². The second kappa shape index (κ2) is 6.90. The van der Waals surface area contributed by atoms with Crippen LogP contribution in [-0.2, 0) is 6.42 Å². The zero-order chi connectivity index (χ0) is 13.7. The van der Waals surface area contributed by atoms with Crippen molar-refractivity contribution in [1.82, 2.24) is 0 Å². The standard InChI is InChI=1S/C16H25FN2/c1-2-19(14-8-4-3-5-9-14)16-13(11-12-18)7-6-10-15(16)17/h6-7,10,14H,2-5,8-9,11-12,18H2,1H3. The fourth-order valence-corrected chi connectivity index (χ4v) is 3.23. The normalized spacial score (nSPS) is 16.6. The molecule has 0 heterocycles. The minimum absolute atomic E-state index is 0.0987. The molecule has 0 atom stereocenters. The summed E-state index contributed by atoms with van der Waals surface area (Å²) in [7, 11) is 0. The predicted molar refractivity (Wildman–Crippen MR) is 79.1 cm³/mol. The van der Waals surface area contributed by atoms with E-state index in [1.54, 1.807) is 12.1 Å². The van der Waals surface area contributed by atoms with Gasteiger partial charge >= 0.3 is 0 Å². The third-order valence-electron chi connectivity index (χ3n) is 4.13. The van der Waals surface area contributed by atoms with E-state index in [1.165, 1.54) is 32.1 Å². The van der Waals surface area contributed by atoms with Crippen LogP contribution in [0.25, 0.3) is 0 Å². The number of nitrogens with two attached hydrogens (primary N) is 1. The molecule has 0 radical (unpaired) electrons. The summed E-state index contributed by atoms with van der Waals surface area (Å²) in [4.78, 5) is 2.26. The molecule has 19 heavy (non-hydrogen) atoms. The Bertz CT molecular complexity index is 400. The molecule has 0 saturated heterocycles. The summed E-state index contributed by atoms with van der Waals surface area (Å²) in [6, 6.07) is 5.86. The second-order valence-electron chi connectivity index (χ2n) is 5.36. The molecule has 1 fully saturated rings. The molecule has 1 saturated carbocycles. The van der Waals surface area contributed by atoms with E-state index in [0.29, 0.717) is 12.6 Å². The Labute approximate surface area is 115 Å². The first-order chi connectivity index (χ1) is 9.27.